The van der Waals surface area contributed by atoms with Crippen LogP contribution in [0.15, 0.2) is 22.8 Å². The standard InChI is InChI=1S/C11H15NO4/c1-15-11(14)10-5-8(13)6-12(10)7-9-3-2-4-16-9/h2-4,8,10,13H,5-7H2,1H3/t8-,10+/m1/s1. The van der Waals surface area contributed by atoms with E-state index in [1.807, 2.05) is 11.0 Å². The van der Waals surface area contributed by atoms with Gasteiger partial charge in [0.05, 0.1) is 26.0 Å². The zero-order valence-corrected chi connectivity index (χ0v) is 9.13. The summed E-state index contributed by atoms with van der Waals surface area (Å²) in [6.07, 6.45) is 1.54. The number of hydrogen-bond donors (Lipinski definition) is 1. The number of esters is 1. The molecule has 0 amide bonds. The quantitative estimate of drug-likeness (QED) is 0.754. The van der Waals surface area contributed by atoms with E-state index in [0.717, 1.165) is 5.76 Å². The van der Waals surface area contributed by atoms with Gasteiger partial charge in [0, 0.05) is 13.0 Å². The minimum absolute atomic E-state index is 0.303. The van der Waals surface area contributed by atoms with Gasteiger partial charge in [-0.05, 0) is 12.1 Å². The highest BCUT2D eigenvalue weighted by Gasteiger charge is 2.36. The number of aliphatic hydroxyl groups excluding tert-OH is 1. The topological polar surface area (TPSA) is 62.9 Å². The monoisotopic (exact) mass is 225 g/mol. The fraction of sp³-hybridized carbons (Fsp3) is 0.545. The van der Waals surface area contributed by atoms with E-state index < -0.39 is 6.10 Å². The van der Waals surface area contributed by atoms with E-state index in [-0.39, 0.29) is 12.0 Å². The minimum Gasteiger partial charge on any atom is -0.468 e. The molecular formula is C11H15NO4. The maximum atomic E-state index is 11.5. The molecule has 0 unspecified atom stereocenters. The van der Waals surface area contributed by atoms with Crippen LogP contribution in [-0.4, -0.2) is 41.8 Å². The maximum Gasteiger partial charge on any atom is 0.323 e. The lowest BCUT2D eigenvalue weighted by Gasteiger charge is -2.20. The molecule has 1 aromatic heterocycles. The van der Waals surface area contributed by atoms with E-state index in [4.69, 9.17) is 9.15 Å². The number of carbonyl (C=O) groups excluding carboxylic acids is 1. The first-order valence-electron chi connectivity index (χ1n) is 5.23. The minimum atomic E-state index is -0.473. The van der Waals surface area contributed by atoms with Crippen molar-refractivity contribution >= 4 is 5.97 Å². The molecule has 0 bridgehead atoms. The number of carbonyl (C=O) groups is 1. The van der Waals surface area contributed by atoms with E-state index >= 15 is 0 Å². The van der Waals surface area contributed by atoms with Crippen molar-refractivity contribution in [2.45, 2.75) is 25.1 Å². The lowest BCUT2D eigenvalue weighted by molar-refractivity contribution is -0.146. The normalized spacial score (nSPS) is 25.9. The van der Waals surface area contributed by atoms with E-state index in [9.17, 15) is 9.90 Å². The summed E-state index contributed by atoms with van der Waals surface area (Å²) in [7, 11) is 1.36. The van der Waals surface area contributed by atoms with Gasteiger partial charge < -0.3 is 14.3 Å². The summed E-state index contributed by atoms with van der Waals surface area (Å²) in [6.45, 7) is 0.990. The largest absolute Gasteiger partial charge is 0.468 e. The average Bonchev–Trinajstić information content (AvgIpc) is 2.88. The first-order valence-corrected chi connectivity index (χ1v) is 5.23. The molecule has 2 heterocycles. The average molecular weight is 225 g/mol. The fourth-order valence-electron chi connectivity index (χ4n) is 2.04. The van der Waals surface area contributed by atoms with Crippen molar-refractivity contribution in [3.63, 3.8) is 0 Å². The summed E-state index contributed by atoms with van der Waals surface area (Å²) in [5.41, 5.74) is 0. The maximum absolute atomic E-state index is 11.5. The molecule has 0 aromatic carbocycles. The molecule has 0 spiro atoms. The van der Waals surface area contributed by atoms with Gasteiger partial charge in [-0.15, -0.1) is 0 Å². The first kappa shape index (κ1) is 11.2. The summed E-state index contributed by atoms with van der Waals surface area (Å²) < 4.78 is 9.93. The van der Waals surface area contributed by atoms with Gasteiger partial charge >= 0.3 is 5.97 Å². The van der Waals surface area contributed by atoms with E-state index in [1.165, 1.54) is 7.11 Å². The summed E-state index contributed by atoms with van der Waals surface area (Å²) in [4.78, 5) is 13.4. The number of nitrogens with zero attached hydrogens (tertiary/aromatic N) is 1. The van der Waals surface area contributed by atoms with Crippen LogP contribution in [0.4, 0.5) is 0 Å². The third-order valence-electron chi connectivity index (χ3n) is 2.79. The second-order valence-corrected chi connectivity index (χ2v) is 3.94. The second-order valence-electron chi connectivity index (χ2n) is 3.94. The molecule has 88 valence electrons. The number of likely N-dealkylation sites (tertiary alicyclic amines) is 1. The number of methoxy groups -OCH3 is 1. The van der Waals surface area contributed by atoms with E-state index in [2.05, 4.69) is 0 Å². The highest BCUT2D eigenvalue weighted by Crippen LogP contribution is 2.21. The molecule has 1 N–H and O–H groups in total. The predicted molar refractivity (Wildman–Crippen MR) is 55.5 cm³/mol. The number of β-amino-alcohol motifs (C(OH)–C–C–N with tert-alkyl or cyclic N) is 1. The Morgan fingerprint density at radius 3 is 3.19 bits per heavy atom. The Kier molecular flexibility index (Phi) is 3.26. The molecular weight excluding hydrogens is 210 g/mol. The Balaban J connectivity index is 2.04. The number of hydrogen-bond acceptors (Lipinski definition) is 5. The van der Waals surface area contributed by atoms with Crippen molar-refractivity contribution in [2.75, 3.05) is 13.7 Å². The van der Waals surface area contributed by atoms with Crippen LogP contribution in [0.25, 0.3) is 0 Å². The van der Waals surface area contributed by atoms with Gasteiger partial charge in [-0.1, -0.05) is 0 Å². The molecule has 1 aliphatic rings. The highest BCUT2D eigenvalue weighted by atomic mass is 16.5. The lowest BCUT2D eigenvalue weighted by atomic mass is 10.2. The van der Waals surface area contributed by atoms with Crippen LogP contribution in [0.1, 0.15) is 12.2 Å². The van der Waals surface area contributed by atoms with Gasteiger partial charge in [-0.2, -0.15) is 0 Å². The molecule has 0 aliphatic carbocycles. The van der Waals surface area contributed by atoms with Crippen molar-refractivity contribution in [1.29, 1.82) is 0 Å². The Labute approximate surface area is 93.6 Å². The molecule has 16 heavy (non-hydrogen) atoms. The lowest BCUT2D eigenvalue weighted by Crippen LogP contribution is -2.36. The van der Waals surface area contributed by atoms with Gasteiger partial charge in [0.15, 0.2) is 0 Å². The summed E-state index contributed by atoms with van der Waals surface area (Å²) in [5.74, 6) is 0.478. The van der Waals surface area contributed by atoms with Crippen molar-refractivity contribution in [2.24, 2.45) is 0 Å². The first-order chi connectivity index (χ1) is 7.70. The van der Waals surface area contributed by atoms with Gasteiger partial charge in [0.25, 0.3) is 0 Å². The van der Waals surface area contributed by atoms with Gasteiger partial charge in [-0.25, -0.2) is 0 Å². The molecule has 1 fully saturated rings. The van der Waals surface area contributed by atoms with Gasteiger partial charge in [-0.3, -0.25) is 9.69 Å². The zero-order chi connectivity index (χ0) is 11.5. The summed E-state index contributed by atoms with van der Waals surface area (Å²) in [6, 6.07) is 3.28. The molecule has 0 radical (unpaired) electrons. The van der Waals surface area contributed by atoms with Crippen LogP contribution in [0.5, 0.6) is 0 Å². The number of furan rings is 1. The number of rotatable bonds is 3. The Morgan fingerprint density at radius 2 is 2.56 bits per heavy atom. The van der Waals surface area contributed by atoms with Gasteiger partial charge in [0.1, 0.15) is 11.8 Å². The predicted octanol–water partition coefficient (Wildman–Crippen LogP) is 0.388. The van der Waals surface area contributed by atoms with Crippen LogP contribution in [0.3, 0.4) is 0 Å². The van der Waals surface area contributed by atoms with Crippen LogP contribution in [0.2, 0.25) is 0 Å². The Morgan fingerprint density at radius 1 is 1.75 bits per heavy atom. The fourth-order valence-corrected chi connectivity index (χ4v) is 2.04. The zero-order valence-electron chi connectivity index (χ0n) is 9.13. The highest BCUT2D eigenvalue weighted by molar-refractivity contribution is 5.76. The number of ether oxygens (including phenoxy) is 1. The van der Waals surface area contributed by atoms with Crippen LogP contribution in [-0.2, 0) is 16.1 Å². The molecule has 5 nitrogen and oxygen atoms in total. The number of aliphatic hydroxyl groups is 1. The van der Waals surface area contributed by atoms with Crippen molar-refractivity contribution in [1.82, 2.24) is 4.90 Å². The molecule has 0 saturated carbocycles. The van der Waals surface area contributed by atoms with E-state index in [1.54, 1.807) is 12.3 Å². The van der Waals surface area contributed by atoms with Crippen LogP contribution >= 0.6 is 0 Å². The molecule has 1 aromatic rings. The second kappa shape index (κ2) is 4.67. The molecule has 1 aliphatic heterocycles. The summed E-state index contributed by atoms with van der Waals surface area (Å²) >= 11 is 0. The molecule has 2 atom stereocenters. The van der Waals surface area contributed by atoms with Crippen molar-refractivity contribution in [3.8, 4) is 0 Å². The van der Waals surface area contributed by atoms with E-state index in [0.29, 0.717) is 19.5 Å². The van der Waals surface area contributed by atoms with Crippen molar-refractivity contribution < 1.29 is 19.1 Å². The molecule has 2 rings (SSSR count). The molecule has 5 heteroatoms. The third kappa shape index (κ3) is 2.25. The molecule has 1 saturated heterocycles. The van der Waals surface area contributed by atoms with Crippen LogP contribution in [0, 0.1) is 0 Å². The SMILES string of the molecule is COC(=O)[C@@H]1C[C@@H](O)CN1Cc1ccco1. The Hall–Kier alpha value is -1.33. The van der Waals surface area contributed by atoms with Gasteiger partial charge in [0.2, 0.25) is 0 Å². The Bertz CT molecular complexity index is 349. The van der Waals surface area contributed by atoms with Crippen molar-refractivity contribution in [3.05, 3.63) is 24.2 Å². The summed E-state index contributed by atoms with van der Waals surface area (Å²) in [5, 5.41) is 9.56. The smallest absolute Gasteiger partial charge is 0.323 e. The van der Waals surface area contributed by atoms with Crippen LogP contribution < -0.4 is 0 Å². The third-order valence-corrected chi connectivity index (χ3v) is 2.79.